The lowest BCUT2D eigenvalue weighted by Crippen LogP contribution is -2.18. The molecule has 16 heavy (non-hydrogen) atoms. The Bertz CT molecular complexity index is 355. The molecule has 0 radical (unpaired) electrons. The Hall–Kier alpha value is -1.01. The highest BCUT2D eigenvalue weighted by molar-refractivity contribution is 7.11. The second-order valence-electron chi connectivity index (χ2n) is 4.23. The van der Waals surface area contributed by atoms with E-state index in [4.69, 9.17) is 10.5 Å². The van der Waals surface area contributed by atoms with Crippen molar-refractivity contribution < 1.29 is 4.74 Å². The summed E-state index contributed by atoms with van der Waals surface area (Å²) in [6.07, 6.45) is 1.25. The molecule has 1 saturated heterocycles. The normalized spacial score (nSPS) is 21.2. The second-order valence-corrected chi connectivity index (χ2v) is 5.00. The highest BCUT2D eigenvalue weighted by Gasteiger charge is 2.20. The standard InChI is InChI=1S/C10H18N4OS/c1-14-4-3-7(6-14)5-12-10-8(15-2)9(11)13-16-10/h7,12H,3-6H2,1-2H3,(H2,11,13). The lowest BCUT2D eigenvalue weighted by molar-refractivity contribution is 0.398. The summed E-state index contributed by atoms with van der Waals surface area (Å²) in [4.78, 5) is 2.35. The van der Waals surface area contributed by atoms with Crippen LogP contribution in [0.4, 0.5) is 10.8 Å². The van der Waals surface area contributed by atoms with Gasteiger partial charge in [0, 0.05) is 13.1 Å². The van der Waals surface area contributed by atoms with Crippen molar-refractivity contribution in [2.75, 3.05) is 44.8 Å². The van der Waals surface area contributed by atoms with Gasteiger partial charge in [0.15, 0.2) is 16.6 Å². The molecule has 1 unspecified atom stereocenters. The molecule has 0 bridgehead atoms. The molecule has 5 nitrogen and oxygen atoms in total. The molecule has 2 heterocycles. The molecule has 2 rings (SSSR count). The number of anilines is 2. The minimum atomic E-state index is 0.471. The Kier molecular flexibility index (Phi) is 3.50. The highest BCUT2D eigenvalue weighted by atomic mass is 32.1. The van der Waals surface area contributed by atoms with Crippen molar-refractivity contribution in [3.63, 3.8) is 0 Å². The molecule has 0 saturated carbocycles. The summed E-state index contributed by atoms with van der Waals surface area (Å²) in [5, 5.41) is 4.31. The zero-order chi connectivity index (χ0) is 11.5. The van der Waals surface area contributed by atoms with Crippen LogP contribution in [0.1, 0.15) is 6.42 Å². The number of nitrogens with two attached hydrogens (primary N) is 1. The average Bonchev–Trinajstić information content (AvgIpc) is 2.82. The summed E-state index contributed by atoms with van der Waals surface area (Å²) in [7, 11) is 3.78. The van der Waals surface area contributed by atoms with Gasteiger partial charge < -0.3 is 20.7 Å². The largest absolute Gasteiger partial charge is 0.490 e. The van der Waals surface area contributed by atoms with Crippen molar-refractivity contribution >= 4 is 22.4 Å². The van der Waals surface area contributed by atoms with Crippen molar-refractivity contribution in [2.24, 2.45) is 5.92 Å². The average molecular weight is 242 g/mol. The first-order chi connectivity index (χ1) is 7.70. The van der Waals surface area contributed by atoms with Crippen molar-refractivity contribution in [1.82, 2.24) is 9.27 Å². The van der Waals surface area contributed by atoms with E-state index in [2.05, 4.69) is 21.6 Å². The van der Waals surface area contributed by atoms with Crippen LogP contribution in [0.5, 0.6) is 5.75 Å². The second kappa shape index (κ2) is 4.88. The van der Waals surface area contributed by atoms with Gasteiger partial charge in [0.1, 0.15) is 0 Å². The number of nitrogens with one attached hydrogen (secondary N) is 1. The number of methoxy groups -OCH3 is 1. The van der Waals surface area contributed by atoms with Gasteiger partial charge in [0.25, 0.3) is 0 Å². The number of ether oxygens (including phenoxy) is 1. The fourth-order valence-corrected chi connectivity index (χ4v) is 2.73. The lowest BCUT2D eigenvalue weighted by atomic mass is 10.1. The third-order valence-electron chi connectivity index (χ3n) is 2.92. The van der Waals surface area contributed by atoms with E-state index in [9.17, 15) is 0 Å². The molecule has 1 aromatic heterocycles. The summed E-state index contributed by atoms with van der Waals surface area (Å²) in [5.41, 5.74) is 5.68. The quantitative estimate of drug-likeness (QED) is 0.827. The summed E-state index contributed by atoms with van der Waals surface area (Å²) >= 11 is 1.36. The molecular formula is C10H18N4OS. The highest BCUT2D eigenvalue weighted by Crippen LogP contribution is 2.34. The van der Waals surface area contributed by atoms with Gasteiger partial charge in [-0.25, -0.2) is 0 Å². The SMILES string of the molecule is COc1c(N)nsc1NCC1CCN(C)C1. The molecule has 3 N–H and O–H groups in total. The van der Waals surface area contributed by atoms with Crippen LogP contribution in [0, 0.1) is 5.92 Å². The fraction of sp³-hybridized carbons (Fsp3) is 0.700. The predicted molar refractivity (Wildman–Crippen MR) is 67.2 cm³/mol. The number of likely N-dealkylation sites (tertiary alicyclic amines) is 1. The van der Waals surface area contributed by atoms with Gasteiger partial charge in [-0.15, -0.1) is 0 Å². The van der Waals surface area contributed by atoms with Crippen molar-refractivity contribution in [3.05, 3.63) is 0 Å². The first-order valence-corrected chi connectivity index (χ1v) is 6.19. The topological polar surface area (TPSA) is 63.4 Å². The van der Waals surface area contributed by atoms with Gasteiger partial charge in [-0.3, -0.25) is 0 Å². The van der Waals surface area contributed by atoms with Crippen LogP contribution in [0.15, 0.2) is 0 Å². The minimum absolute atomic E-state index is 0.471. The zero-order valence-electron chi connectivity index (χ0n) is 9.69. The number of hydrogen-bond acceptors (Lipinski definition) is 6. The van der Waals surface area contributed by atoms with Gasteiger partial charge in [0.05, 0.1) is 7.11 Å². The minimum Gasteiger partial charge on any atom is -0.490 e. The maximum Gasteiger partial charge on any atom is 0.197 e. The van der Waals surface area contributed by atoms with E-state index in [1.54, 1.807) is 7.11 Å². The molecule has 0 aliphatic carbocycles. The summed E-state index contributed by atoms with van der Waals surface area (Å²) in [5.74, 6) is 1.85. The van der Waals surface area contributed by atoms with Crippen molar-refractivity contribution in [1.29, 1.82) is 0 Å². The van der Waals surface area contributed by atoms with E-state index in [1.165, 1.54) is 24.5 Å². The number of rotatable bonds is 4. The van der Waals surface area contributed by atoms with Crippen LogP contribution in [0.2, 0.25) is 0 Å². The van der Waals surface area contributed by atoms with Crippen LogP contribution in [-0.4, -0.2) is 43.1 Å². The number of nitrogens with zero attached hydrogens (tertiary/aromatic N) is 2. The Morgan fingerprint density at radius 3 is 3.12 bits per heavy atom. The maximum absolute atomic E-state index is 5.68. The molecule has 90 valence electrons. The Morgan fingerprint density at radius 1 is 1.69 bits per heavy atom. The third kappa shape index (κ3) is 2.38. The molecule has 0 amide bonds. The Morgan fingerprint density at radius 2 is 2.50 bits per heavy atom. The van der Waals surface area contributed by atoms with E-state index in [0.717, 1.165) is 18.1 Å². The molecule has 1 aliphatic rings. The molecular weight excluding hydrogens is 224 g/mol. The van der Waals surface area contributed by atoms with Crippen LogP contribution < -0.4 is 15.8 Å². The summed E-state index contributed by atoms with van der Waals surface area (Å²) in [6, 6.07) is 0. The summed E-state index contributed by atoms with van der Waals surface area (Å²) in [6.45, 7) is 3.31. The molecule has 1 fully saturated rings. The van der Waals surface area contributed by atoms with Gasteiger partial charge in [-0.05, 0) is 37.5 Å². The van der Waals surface area contributed by atoms with Gasteiger partial charge in [-0.1, -0.05) is 0 Å². The van der Waals surface area contributed by atoms with E-state index in [0.29, 0.717) is 17.5 Å². The Balaban J connectivity index is 1.89. The molecule has 1 aliphatic heterocycles. The van der Waals surface area contributed by atoms with Crippen molar-refractivity contribution in [2.45, 2.75) is 6.42 Å². The van der Waals surface area contributed by atoms with Crippen LogP contribution in [0.25, 0.3) is 0 Å². The monoisotopic (exact) mass is 242 g/mol. The lowest BCUT2D eigenvalue weighted by Gasteiger charge is -2.12. The summed E-state index contributed by atoms with van der Waals surface area (Å²) < 4.78 is 9.27. The van der Waals surface area contributed by atoms with Crippen LogP contribution in [0.3, 0.4) is 0 Å². The molecule has 6 heteroatoms. The van der Waals surface area contributed by atoms with Crippen LogP contribution in [-0.2, 0) is 0 Å². The first kappa shape index (κ1) is 11.5. The number of hydrogen-bond donors (Lipinski definition) is 2. The molecule has 1 aromatic rings. The zero-order valence-corrected chi connectivity index (χ0v) is 10.5. The van der Waals surface area contributed by atoms with E-state index >= 15 is 0 Å². The van der Waals surface area contributed by atoms with E-state index in [1.807, 2.05) is 0 Å². The Labute approximate surface area is 99.7 Å². The number of nitrogen functional groups attached to an aromatic ring is 1. The van der Waals surface area contributed by atoms with Crippen LogP contribution >= 0.6 is 11.5 Å². The van der Waals surface area contributed by atoms with E-state index in [-0.39, 0.29) is 0 Å². The fourth-order valence-electron chi connectivity index (χ4n) is 2.03. The molecule has 0 spiro atoms. The third-order valence-corrected chi connectivity index (χ3v) is 3.72. The van der Waals surface area contributed by atoms with Gasteiger partial charge in [-0.2, -0.15) is 4.37 Å². The molecule has 1 atom stereocenters. The van der Waals surface area contributed by atoms with Gasteiger partial charge in [0.2, 0.25) is 0 Å². The molecule has 0 aromatic carbocycles. The first-order valence-electron chi connectivity index (χ1n) is 5.42. The number of aromatic nitrogens is 1. The van der Waals surface area contributed by atoms with E-state index < -0.39 is 0 Å². The van der Waals surface area contributed by atoms with Gasteiger partial charge >= 0.3 is 0 Å². The predicted octanol–water partition coefficient (Wildman–Crippen LogP) is 1.10. The van der Waals surface area contributed by atoms with Crippen molar-refractivity contribution in [3.8, 4) is 5.75 Å². The smallest absolute Gasteiger partial charge is 0.197 e. The maximum atomic E-state index is 5.68.